The third-order valence-corrected chi connectivity index (χ3v) is 2.95. The number of carbonyl (C=O) groups is 1. The highest BCUT2D eigenvalue weighted by atomic mass is 19.4. The number of hydrogen-bond acceptors (Lipinski definition) is 3. The van der Waals surface area contributed by atoms with E-state index in [0.29, 0.717) is 0 Å². The molecule has 1 atom stereocenters. The van der Waals surface area contributed by atoms with E-state index in [9.17, 15) is 18.0 Å². The van der Waals surface area contributed by atoms with Gasteiger partial charge in [0, 0.05) is 11.4 Å². The van der Waals surface area contributed by atoms with Crippen LogP contribution in [0.3, 0.4) is 0 Å². The van der Waals surface area contributed by atoms with E-state index in [1.165, 1.54) is 6.07 Å². The van der Waals surface area contributed by atoms with Gasteiger partial charge in [-0.25, -0.2) is 0 Å². The average molecular weight is 304 g/mol. The lowest BCUT2D eigenvalue weighted by atomic mass is 10.1. The zero-order chi connectivity index (χ0) is 16.0. The molecule has 0 aromatic heterocycles. The molecule has 7 heteroatoms. The van der Waals surface area contributed by atoms with Crippen molar-refractivity contribution >= 4 is 17.3 Å². The molecular formula is C14H19F3N2O2. The van der Waals surface area contributed by atoms with E-state index in [1.54, 1.807) is 0 Å². The van der Waals surface area contributed by atoms with Crippen LogP contribution in [0.5, 0.6) is 0 Å². The summed E-state index contributed by atoms with van der Waals surface area (Å²) in [7, 11) is 0. The van der Waals surface area contributed by atoms with Gasteiger partial charge in [-0.05, 0) is 31.5 Å². The van der Waals surface area contributed by atoms with Gasteiger partial charge in [-0.15, -0.1) is 0 Å². The summed E-state index contributed by atoms with van der Waals surface area (Å²) in [6, 6.07) is 3.27. The standard InChI is InChI=1S/C14H19F3N2O2/c1-3-9(2)21-7-6-13(20)19-10-4-5-12(18)11(8-10)14(15,16)17/h4-5,8-9H,3,6-7,18H2,1-2H3,(H,19,20). The van der Waals surface area contributed by atoms with E-state index in [2.05, 4.69) is 5.32 Å². The molecule has 1 unspecified atom stereocenters. The van der Waals surface area contributed by atoms with Crippen molar-refractivity contribution in [2.45, 2.75) is 39.0 Å². The highest BCUT2D eigenvalue weighted by Gasteiger charge is 2.33. The largest absolute Gasteiger partial charge is 0.418 e. The number of benzene rings is 1. The van der Waals surface area contributed by atoms with Gasteiger partial charge in [-0.3, -0.25) is 4.79 Å². The molecule has 118 valence electrons. The second-order valence-corrected chi connectivity index (χ2v) is 4.69. The number of amides is 1. The molecular weight excluding hydrogens is 285 g/mol. The van der Waals surface area contributed by atoms with Crippen LogP contribution in [0.1, 0.15) is 32.3 Å². The number of nitrogen functional groups attached to an aromatic ring is 1. The van der Waals surface area contributed by atoms with E-state index >= 15 is 0 Å². The number of alkyl halides is 3. The van der Waals surface area contributed by atoms with Gasteiger partial charge in [-0.2, -0.15) is 13.2 Å². The molecule has 3 N–H and O–H groups in total. The number of carbonyl (C=O) groups excluding carboxylic acids is 1. The molecule has 1 rings (SSSR count). The molecule has 1 aromatic carbocycles. The highest BCUT2D eigenvalue weighted by molar-refractivity contribution is 5.91. The molecule has 0 spiro atoms. The van der Waals surface area contributed by atoms with Gasteiger partial charge in [0.05, 0.1) is 24.7 Å². The summed E-state index contributed by atoms with van der Waals surface area (Å²) in [6.45, 7) is 4.06. The number of halogens is 3. The first-order chi connectivity index (χ1) is 9.74. The molecule has 0 radical (unpaired) electrons. The summed E-state index contributed by atoms with van der Waals surface area (Å²) < 4.78 is 43.4. The Labute approximate surface area is 121 Å². The minimum absolute atomic E-state index is 0.0474. The molecule has 0 bridgehead atoms. The smallest absolute Gasteiger partial charge is 0.398 e. The molecule has 0 aliphatic heterocycles. The van der Waals surface area contributed by atoms with Crippen LogP contribution < -0.4 is 11.1 Å². The third kappa shape index (κ3) is 5.63. The number of nitrogens with two attached hydrogens (primary N) is 1. The highest BCUT2D eigenvalue weighted by Crippen LogP contribution is 2.35. The summed E-state index contributed by atoms with van der Waals surface area (Å²) in [5, 5.41) is 2.40. The average Bonchev–Trinajstić information content (AvgIpc) is 2.39. The Hall–Kier alpha value is -1.76. The van der Waals surface area contributed by atoms with Crippen LogP contribution in [-0.2, 0) is 15.7 Å². The van der Waals surface area contributed by atoms with Crippen molar-refractivity contribution < 1.29 is 22.7 Å². The minimum atomic E-state index is -4.55. The van der Waals surface area contributed by atoms with Crippen molar-refractivity contribution in [2.24, 2.45) is 0 Å². The van der Waals surface area contributed by atoms with Crippen molar-refractivity contribution in [3.8, 4) is 0 Å². The van der Waals surface area contributed by atoms with Crippen molar-refractivity contribution in [3.63, 3.8) is 0 Å². The van der Waals surface area contributed by atoms with Crippen molar-refractivity contribution in [3.05, 3.63) is 23.8 Å². The zero-order valence-electron chi connectivity index (χ0n) is 12.0. The molecule has 0 aliphatic rings. The maximum atomic E-state index is 12.7. The Balaban J connectivity index is 2.61. The molecule has 0 aliphatic carbocycles. The van der Waals surface area contributed by atoms with Crippen molar-refractivity contribution in [2.75, 3.05) is 17.7 Å². The van der Waals surface area contributed by atoms with Crippen LogP contribution in [-0.4, -0.2) is 18.6 Å². The SMILES string of the molecule is CCC(C)OCCC(=O)Nc1ccc(N)c(C(F)(F)F)c1. The maximum Gasteiger partial charge on any atom is 0.418 e. The van der Waals surface area contributed by atoms with E-state index in [1.807, 2.05) is 13.8 Å². The van der Waals surface area contributed by atoms with Crippen LogP contribution in [0.25, 0.3) is 0 Å². The normalized spacial score (nSPS) is 13.0. The number of nitrogens with one attached hydrogen (secondary N) is 1. The minimum Gasteiger partial charge on any atom is -0.398 e. The van der Waals surface area contributed by atoms with Crippen LogP contribution >= 0.6 is 0 Å². The topological polar surface area (TPSA) is 64.3 Å². The number of ether oxygens (including phenoxy) is 1. The number of rotatable bonds is 6. The molecule has 0 saturated heterocycles. The van der Waals surface area contributed by atoms with Gasteiger partial charge < -0.3 is 15.8 Å². The fourth-order valence-corrected chi connectivity index (χ4v) is 1.57. The van der Waals surface area contributed by atoms with E-state index in [4.69, 9.17) is 10.5 Å². The Morgan fingerprint density at radius 3 is 2.67 bits per heavy atom. The molecule has 21 heavy (non-hydrogen) atoms. The van der Waals surface area contributed by atoms with E-state index < -0.39 is 17.6 Å². The first-order valence-electron chi connectivity index (χ1n) is 6.62. The van der Waals surface area contributed by atoms with Crippen molar-refractivity contribution in [1.29, 1.82) is 0 Å². The first-order valence-corrected chi connectivity index (χ1v) is 6.62. The molecule has 0 saturated carbocycles. The van der Waals surface area contributed by atoms with Crippen LogP contribution in [0.4, 0.5) is 24.5 Å². The molecule has 0 heterocycles. The van der Waals surface area contributed by atoms with Crippen LogP contribution in [0.2, 0.25) is 0 Å². The van der Waals surface area contributed by atoms with Gasteiger partial charge in [-0.1, -0.05) is 6.92 Å². The van der Waals surface area contributed by atoms with Gasteiger partial charge in [0.15, 0.2) is 0 Å². The summed E-state index contributed by atoms with van der Waals surface area (Å²) in [5.41, 5.74) is 4.01. The van der Waals surface area contributed by atoms with Gasteiger partial charge in [0.2, 0.25) is 5.91 Å². The Kier molecular flexibility index (Phi) is 6.02. The maximum absolute atomic E-state index is 12.7. The third-order valence-electron chi connectivity index (χ3n) is 2.95. The Bertz CT molecular complexity index is 490. The lowest BCUT2D eigenvalue weighted by Gasteiger charge is -2.13. The fourth-order valence-electron chi connectivity index (χ4n) is 1.57. The lowest BCUT2D eigenvalue weighted by molar-refractivity contribution is -0.137. The van der Waals surface area contributed by atoms with E-state index in [0.717, 1.165) is 18.6 Å². The predicted molar refractivity (Wildman–Crippen MR) is 74.8 cm³/mol. The number of anilines is 2. The summed E-state index contributed by atoms with van der Waals surface area (Å²) in [4.78, 5) is 11.6. The number of hydrogen-bond donors (Lipinski definition) is 2. The lowest BCUT2D eigenvalue weighted by Crippen LogP contribution is -2.17. The molecule has 0 fully saturated rings. The quantitative estimate of drug-likeness (QED) is 0.791. The van der Waals surface area contributed by atoms with Crippen LogP contribution in [0, 0.1) is 0 Å². The van der Waals surface area contributed by atoms with E-state index in [-0.39, 0.29) is 30.5 Å². The molecule has 1 amide bonds. The Morgan fingerprint density at radius 1 is 1.43 bits per heavy atom. The second-order valence-electron chi connectivity index (χ2n) is 4.69. The fraction of sp³-hybridized carbons (Fsp3) is 0.500. The summed E-state index contributed by atoms with van der Waals surface area (Å²) >= 11 is 0. The Morgan fingerprint density at radius 2 is 2.10 bits per heavy atom. The second kappa shape index (κ2) is 7.31. The van der Waals surface area contributed by atoms with Gasteiger partial charge in [0.1, 0.15) is 0 Å². The first kappa shape index (κ1) is 17.3. The van der Waals surface area contributed by atoms with Crippen molar-refractivity contribution in [1.82, 2.24) is 0 Å². The molecule has 1 aromatic rings. The zero-order valence-corrected chi connectivity index (χ0v) is 12.0. The summed E-state index contributed by atoms with van der Waals surface area (Å²) in [6.07, 6.45) is -3.60. The predicted octanol–water partition coefficient (Wildman–Crippen LogP) is 3.43. The summed E-state index contributed by atoms with van der Waals surface area (Å²) in [5.74, 6) is -0.406. The molecule has 4 nitrogen and oxygen atoms in total. The van der Waals surface area contributed by atoms with Gasteiger partial charge in [0.25, 0.3) is 0 Å². The monoisotopic (exact) mass is 304 g/mol. The van der Waals surface area contributed by atoms with Crippen LogP contribution in [0.15, 0.2) is 18.2 Å². The van der Waals surface area contributed by atoms with Gasteiger partial charge >= 0.3 is 6.18 Å².